The van der Waals surface area contributed by atoms with Gasteiger partial charge in [-0.3, -0.25) is 13.9 Å². The van der Waals surface area contributed by atoms with Gasteiger partial charge in [0.25, 0.3) is 5.56 Å². The Morgan fingerprint density at radius 3 is 2.50 bits per heavy atom. The summed E-state index contributed by atoms with van der Waals surface area (Å²) in [5, 5.41) is 10.8. The third-order valence-electron chi connectivity index (χ3n) is 5.94. The number of ether oxygens (including phenoxy) is 1. The van der Waals surface area contributed by atoms with Gasteiger partial charge in [-0.05, 0) is 31.7 Å². The van der Waals surface area contributed by atoms with E-state index in [0.717, 1.165) is 36.3 Å². The van der Waals surface area contributed by atoms with E-state index in [1.165, 1.54) is 11.6 Å². The predicted molar refractivity (Wildman–Crippen MR) is 123 cm³/mol. The maximum absolute atomic E-state index is 13.0. The van der Waals surface area contributed by atoms with E-state index in [2.05, 4.69) is 21.8 Å². The molecule has 2 aromatic heterocycles. The van der Waals surface area contributed by atoms with Crippen LogP contribution in [0.5, 0.6) is 5.75 Å². The highest BCUT2D eigenvalue weighted by atomic mass is 16.5. The molecule has 0 radical (unpaired) electrons. The maximum Gasteiger partial charge on any atom is 0.332 e. The van der Waals surface area contributed by atoms with Crippen LogP contribution in [0.15, 0.2) is 33.9 Å². The smallest absolute Gasteiger partial charge is 0.332 e. The molecule has 4 rings (SSSR count). The third-order valence-corrected chi connectivity index (χ3v) is 5.94. The highest BCUT2D eigenvalue weighted by Gasteiger charge is 2.26. The van der Waals surface area contributed by atoms with Crippen LogP contribution in [0.2, 0.25) is 0 Å². The lowest BCUT2D eigenvalue weighted by atomic mass is 10.2. The summed E-state index contributed by atoms with van der Waals surface area (Å²) in [4.78, 5) is 34.5. The van der Waals surface area contributed by atoms with Crippen molar-refractivity contribution in [1.29, 1.82) is 0 Å². The summed E-state index contributed by atoms with van der Waals surface area (Å²) in [6.07, 6.45) is -0.874. The average Bonchev–Trinajstić information content (AvgIpc) is 3.14. The monoisotopic (exact) mass is 442 g/mol. The van der Waals surface area contributed by atoms with Crippen LogP contribution >= 0.6 is 0 Å². The van der Waals surface area contributed by atoms with Crippen LogP contribution in [0, 0.1) is 6.92 Å². The van der Waals surface area contributed by atoms with Crippen LogP contribution in [0.4, 0.5) is 5.95 Å². The molecule has 0 bridgehead atoms. The van der Waals surface area contributed by atoms with Crippen molar-refractivity contribution < 1.29 is 9.84 Å². The zero-order valence-corrected chi connectivity index (χ0v) is 19.0. The van der Waals surface area contributed by atoms with Gasteiger partial charge < -0.3 is 24.2 Å². The molecular formula is C22H30N6O4. The Hall–Kier alpha value is -3.11. The molecule has 1 aromatic carbocycles. The summed E-state index contributed by atoms with van der Waals surface area (Å²) >= 11 is 0. The topological polar surface area (TPSA) is 97.8 Å². The molecule has 1 fully saturated rings. The lowest BCUT2D eigenvalue weighted by molar-refractivity contribution is 0.0935. The first-order valence-electron chi connectivity index (χ1n) is 10.7. The lowest BCUT2D eigenvalue weighted by Crippen LogP contribution is -2.45. The van der Waals surface area contributed by atoms with E-state index in [-0.39, 0.29) is 13.2 Å². The van der Waals surface area contributed by atoms with Gasteiger partial charge in [0.2, 0.25) is 5.95 Å². The van der Waals surface area contributed by atoms with E-state index < -0.39 is 17.4 Å². The van der Waals surface area contributed by atoms with Gasteiger partial charge in [-0.15, -0.1) is 0 Å². The van der Waals surface area contributed by atoms with Crippen LogP contribution in [0.3, 0.4) is 0 Å². The van der Waals surface area contributed by atoms with E-state index in [0.29, 0.717) is 22.9 Å². The van der Waals surface area contributed by atoms with Gasteiger partial charge in [0, 0.05) is 40.3 Å². The Bertz CT molecular complexity index is 1240. The first-order valence-corrected chi connectivity index (χ1v) is 10.7. The summed E-state index contributed by atoms with van der Waals surface area (Å²) in [6.45, 7) is 5.37. The summed E-state index contributed by atoms with van der Waals surface area (Å²) in [6, 6.07) is 7.62. The van der Waals surface area contributed by atoms with Gasteiger partial charge in [0.05, 0.1) is 6.54 Å². The van der Waals surface area contributed by atoms with Crippen LogP contribution < -0.4 is 20.9 Å². The molecule has 0 saturated carbocycles. The van der Waals surface area contributed by atoms with E-state index in [1.807, 2.05) is 31.2 Å². The summed E-state index contributed by atoms with van der Waals surface area (Å²) in [7, 11) is 5.12. The Balaban J connectivity index is 1.70. The zero-order valence-electron chi connectivity index (χ0n) is 19.0. The number of anilines is 1. The highest BCUT2D eigenvalue weighted by Crippen LogP contribution is 2.22. The number of benzene rings is 1. The number of aliphatic hydroxyl groups excluding tert-OH is 1. The van der Waals surface area contributed by atoms with Gasteiger partial charge in [0.15, 0.2) is 11.2 Å². The molecule has 32 heavy (non-hydrogen) atoms. The quantitative estimate of drug-likeness (QED) is 0.571. The van der Waals surface area contributed by atoms with Crippen LogP contribution in [-0.4, -0.2) is 74.6 Å². The number of likely N-dealkylation sites (N-methyl/N-ethyl adjacent to an activating group) is 1. The molecule has 0 spiro atoms. The van der Waals surface area contributed by atoms with Gasteiger partial charge >= 0.3 is 5.69 Å². The fourth-order valence-corrected chi connectivity index (χ4v) is 4.02. The first kappa shape index (κ1) is 22.1. The molecule has 172 valence electrons. The summed E-state index contributed by atoms with van der Waals surface area (Å²) < 4.78 is 9.94. The van der Waals surface area contributed by atoms with Crippen molar-refractivity contribution in [1.82, 2.24) is 23.6 Å². The number of hydrogen-bond acceptors (Lipinski definition) is 7. The molecule has 10 nitrogen and oxygen atoms in total. The second-order valence-corrected chi connectivity index (χ2v) is 8.47. The number of nitrogens with zero attached hydrogens (tertiary/aromatic N) is 6. The number of piperazine rings is 1. The van der Waals surface area contributed by atoms with Crippen LogP contribution in [0.25, 0.3) is 11.2 Å². The minimum absolute atomic E-state index is 0.0668. The van der Waals surface area contributed by atoms with E-state index in [1.54, 1.807) is 11.6 Å². The minimum atomic E-state index is -0.874. The van der Waals surface area contributed by atoms with Crippen molar-refractivity contribution in [2.45, 2.75) is 19.6 Å². The van der Waals surface area contributed by atoms with Crippen molar-refractivity contribution >= 4 is 17.1 Å². The van der Waals surface area contributed by atoms with Crippen LogP contribution in [-0.2, 0) is 20.6 Å². The third kappa shape index (κ3) is 4.15. The standard InChI is InChI=1S/C22H30N6O4/c1-15-6-5-7-17(12-15)32-14-16(29)13-28-18-19(25(3)22(31)26(4)20(18)30)23-21(28)27-10-8-24(2)9-11-27/h5-7,12,16,29H,8-11,13-14H2,1-4H3/t16-/m0/s1. The molecular weight excluding hydrogens is 412 g/mol. The molecule has 1 N–H and O–H groups in total. The molecule has 0 unspecified atom stereocenters. The number of aromatic nitrogens is 4. The van der Waals surface area contributed by atoms with Gasteiger partial charge in [-0.2, -0.15) is 4.98 Å². The number of aryl methyl sites for hydroxylation is 2. The molecule has 1 saturated heterocycles. The molecule has 0 amide bonds. The predicted octanol–water partition coefficient (Wildman–Crippen LogP) is -0.0662. The molecule has 0 aliphatic carbocycles. The Labute approximate surface area is 185 Å². The van der Waals surface area contributed by atoms with Crippen LogP contribution in [0.1, 0.15) is 5.56 Å². The van der Waals surface area contributed by atoms with Gasteiger partial charge in [-0.1, -0.05) is 12.1 Å². The number of fused-ring (bicyclic) bond motifs is 1. The van der Waals surface area contributed by atoms with Crippen molar-refractivity contribution in [3.05, 3.63) is 50.7 Å². The fourth-order valence-electron chi connectivity index (χ4n) is 4.02. The molecule has 1 aliphatic rings. The van der Waals surface area contributed by atoms with E-state index in [4.69, 9.17) is 4.74 Å². The second kappa shape index (κ2) is 8.79. The number of aliphatic hydroxyl groups is 1. The fraction of sp³-hybridized carbons (Fsp3) is 0.500. The number of imidazole rings is 1. The molecule has 1 aliphatic heterocycles. The second-order valence-electron chi connectivity index (χ2n) is 8.47. The largest absolute Gasteiger partial charge is 0.491 e. The molecule has 10 heteroatoms. The Morgan fingerprint density at radius 2 is 1.81 bits per heavy atom. The lowest BCUT2D eigenvalue weighted by Gasteiger charge is -2.33. The number of rotatable bonds is 6. The molecule has 3 aromatic rings. The first-order chi connectivity index (χ1) is 15.3. The number of hydrogen-bond donors (Lipinski definition) is 1. The SMILES string of the molecule is Cc1cccc(OC[C@@H](O)Cn2c(N3CCN(C)CC3)nc3c2c(=O)n(C)c(=O)n3C)c1. The minimum Gasteiger partial charge on any atom is -0.491 e. The van der Waals surface area contributed by atoms with Crippen molar-refractivity contribution in [2.75, 3.05) is 44.7 Å². The van der Waals surface area contributed by atoms with E-state index in [9.17, 15) is 14.7 Å². The zero-order chi connectivity index (χ0) is 23.0. The molecule has 3 heterocycles. The average molecular weight is 443 g/mol. The summed E-state index contributed by atoms with van der Waals surface area (Å²) in [5.41, 5.74) is 0.833. The Kier molecular flexibility index (Phi) is 6.07. The summed E-state index contributed by atoms with van der Waals surface area (Å²) in [5.74, 6) is 1.26. The van der Waals surface area contributed by atoms with Crippen molar-refractivity contribution in [3.63, 3.8) is 0 Å². The van der Waals surface area contributed by atoms with Crippen molar-refractivity contribution in [2.24, 2.45) is 14.1 Å². The highest BCUT2D eigenvalue weighted by molar-refractivity contribution is 5.74. The normalized spacial score (nSPS) is 16.0. The molecule has 1 atom stereocenters. The van der Waals surface area contributed by atoms with Gasteiger partial charge in [0.1, 0.15) is 18.5 Å². The maximum atomic E-state index is 13.0. The van der Waals surface area contributed by atoms with Gasteiger partial charge in [-0.25, -0.2) is 4.79 Å². The Morgan fingerprint density at radius 1 is 1.09 bits per heavy atom. The van der Waals surface area contributed by atoms with E-state index >= 15 is 0 Å². The van der Waals surface area contributed by atoms with Crippen molar-refractivity contribution in [3.8, 4) is 5.75 Å².